The first-order valence-electron chi connectivity index (χ1n) is 5.13. The molecular formula is C13H12O3S. The van der Waals surface area contributed by atoms with Gasteiger partial charge in [0.15, 0.2) is 0 Å². The van der Waals surface area contributed by atoms with E-state index in [1.807, 2.05) is 19.1 Å². The minimum Gasteiger partial charge on any atom is -0.386 e. The zero-order valence-electron chi connectivity index (χ0n) is 9.33. The van der Waals surface area contributed by atoms with E-state index in [-0.39, 0.29) is 4.90 Å². The maximum Gasteiger partial charge on any atom is 0.338 e. The van der Waals surface area contributed by atoms with Crippen molar-refractivity contribution in [2.24, 2.45) is 0 Å². The second kappa shape index (κ2) is 4.59. The Bertz CT molecular complexity index is 576. The molecule has 4 heteroatoms. The highest BCUT2D eigenvalue weighted by Gasteiger charge is 2.13. The first-order chi connectivity index (χ1) is 8.08. The van der Waals surface area contributed by atoms with E-state index in [2.05, 4.69) is 0 Å². The minimum absolute atomic E-state index is 0.158. The van der Waals surface area contributed by atoms with Crippen LogP contribution in [0.3, 0.4) is 0 Å². The third-order valence-electron chi connectivity index (χ3n) is 2.31. The molecule has 0 saturated carbocycles. The van der Waals surface area contributed by atoms with Crippen LogP contribution in [0.1, 0.15) is 5.56 Å². The summed E-state index contributed by atoms with van der Waals surface area (Å²) in [6.45, 7) is 1.90. The molecule has 0 unspecified atom stereocenters. The monoisotopic (exact) mass is 248 g/mol. The Morgan fingerprint density at radius 3 is 2.24 bits per heavy atom. The molecule has 0 radical (unpaired) electrons. The van der Waals surface area contributed by atoms with E-state index in [1.165, 1.54) is 18.4 Å². The highest BCUT2D eigenvalue weighted by molar-refractivity contribution is 7.86. The normalized spacial score (nSPS) is 14.1. The van der Waals surface area contributed by atoms with Gasteiger partial charge in [0.2, 0.25) is 0 Å². The van der Waals surface area contributed by atoms with Gasteiger partial charge >= 0.3 is 10.1 Å². The molecule has 0 spiro atoms. The SMILES string of the molecule is Cc1ccc(S(=O)(=O)OC=C2C=CC=C2)cc1. The van der Waals surface area contributed by atoms with Crippen LogP contribution < -0.4 is 0 Å². The molecule has 0 amide bonds. The van der Waals surface area contributed by atoms with Crippen molar-refractivity contribution in [1.82, 2.24) is 0 Å². The highest BCUT2D eigenvalue weighted by atomic mass is 32.2. The predicted molar refractivity (Wildman–Crippen MR) is 65.8 cm³/mol. The number of rotatable bonds is 3. The van der Waals surface area contributed by atoms with E-state index in [4.69, 9.17) is 4.18 Å². The van der Waals surface area contributed by atoms with Crippen LogP contribution in [0, 0.1) is 6.92 Å². The van der Waals surface area contributed by atoms with Gasteiger partial charge in [0.1, 0.15) is 11.2 Å². The molecule has 2 rings (SSSR count). The predicted octanol–water partition coefficient (Wildman–Crippen LogP) is 2.71. The van der Waals surface area contributed by atoms with Gasteiger partial charge in [0.25, 0.3) is 0 Å². The number of allylic oxidation sites excluding steroid dienone is 5. The molecule has 0 saturated heterocycles. The van der Waals surface area contributed by atoms with Gasteiger partial charge in [-0.3, -0.25) is 0 Å². The molecule has 0 heterocycles. The molecule has 0 atom stereocenters. The first kappa shape index (κ1) is 11.7. The van der Waals surface area contributed by atoms with Gasteiger partial charge in [-0.1, -0.05) is 42.0 Å². The zero-order valence-corrected chi connectivity index (χ0v) is 10.1. The Hall–Kier alpha value is -1.81. The third kappa shape index (κ3) is 2.85. The number of benzene rings is 1. The second-order valence-electron chi connectivity index (χ2n) is 3.70. The third-order valence-corrected chi connectivity index (χ3v) is 3.51. The summed E-state index contributed by atoms with van der Waals surface area (Å²) in [5, 5.41) is 0. The summed E-state index contributed by atoms with van der Waals surface area (Å²) in [4.78, 5) is 0.158. The van der Waals surface area contributed by atoms with Crippen LogP contribution in [0.15, 0.2) is 65.3 Å². The van der Waals surface area contributed by atoms with E-state index in [0.29, 0.717) is 0 Å². The summed E-state index contributed by atoms with van der Waals surface area (Å²) in [5.41, 5.74) is 1.73. The summed E-state index contributed by atoms with van der Waals surface area (Å²) < 4.78 is 28.4. The van der Waals surface area contributed by atoms with E-state index in [0.717, 1.165) is 11.1 Å². The summed E-state index contributed by atoms with van der Waals surface area (Å²) in [6.07, 6.45) is 8.39. The van der Waals surface area contributed by atoms with Gasteiger partial charge in [0.05, 0.1) is 0 Å². The molecule has 0 bridgehead atoms. The van der Waals surface area contributed by atoms with Crippen LogP contribution in [0.4, 0.5) is 0 Å². The first-order valence-corrected chi connectivity index (χ1v) is 6.54. The van der Waals surface area contributed by atoms with E-state index >= 15 is 0 Å². The molecule has 1 aliphatic carbocycles. The van der Waals surface area contributed by atoms with Crippen molar-refractivity contribution in [2.45, 2.75) is 11.8 Å². The number of aryl methyl sites for hydroxylation is 1. The fourth-order valence-corrected chi connectivity index (χ4v) is 2.17. The van der Waals surface area contributed by atoms with Gasteiger partial charge in [-0.2, -0.15) is 8.42 Å². The van der Waals surface area contributed by atoms with Crippen molar-refractivity contribution in [1.29, 1.82) is 0 Å². The van der Waals surface area contributed by atoms with Gasteiger partial charge in [0, 0.05) is 5.57 Å². The van der Waals surface area contributed by atoms with E-state index in [9.17, 15) is 8.42 Å². The van der Waals surface area contributed by atoms with Crippen LogP contribution in [-0.2, 0) is 14.3 Å². The zero-order chi connectivity index (χ0) is 12.3. The van der Waals surface area contributed by atoms with Crippen LogP contribution in [-0.4, -0.2) is 8.42 Å². The smallest absolute Gasteiger partial charge is 0.338 e. The van der Waals surface area contributed by atoms with E-state index < -0.39 is 10.1 Å². The van der Waals surface area contributed by atoms with Crippen LogP contribution in [0.2, 0.25) is 0 Å². The molecule has 0 aliphatic heterocycles. The number of hydrogen-bond donors (Lipinski definition) is 0. The molecule has 0 aromatic heterocycles. The Balaban J connectivity index is 2.19. The maximum absolute atomic E-state index is 11.8. The van der Waals surface area contributed by atoms with Crippen LogP contribution >= 0.6 is 0 Å². The Labute approximate surface area is 101 Å². The largest absolute Gasteiger partial charge is 0.386 e. The number of hydrogen-bond acceptors (Lipinski definition) is 3. The average Bonchev–Trinajstić information content (AvgIpc) is 2.80. The van der Waals surface area contributed by atoms with Crippen molar-refractivity contribution < 1.29 is 12.6 Å². The van der Waals surface area contributed by atoms with Crippen molar-refractivity contribution in [3.63, 3.8) is 0 Å². The lowest BCUT2D eigenvalue weighted by Crippen LogP contribution is -2.02. The van der Waals surface area contributed by atoms with Crippen molar-refractivity contribution in [2.75, 3.05) is 0 Å². The molecule has 1 aromatic carbocycles. The Morgan fingerprint density at radius 1 is 1.06 bits per heavy atom. The molecule has 0 N–H and O–H groups in total. The van der Waals surface area contributed by atoms with Gasteiger partial charge in [-0.25, -0.2) is 0 Å². The molecule has 17 heavy (non-hydrogen) atoms. The molecule has 3 nitrogen and oxygen atoms in total. The fourth-order valence-electron chi connectivity index (χ4n) is 1.35. The maximum atomic E-state index is 11.8. The fraction of sp³-hybridized carbons (Fsp3) is 0.0769. The van der Waals surface area contributed by atoms with Crippen molar-refractivity contribution in [3.05, 3.63) is 66.0 Å². The Kier molecular flexibility index (Phi) is 3.15. The minimum atomic E-state index is -3.71. The summed E-state index contributed by atoms with van der Waals surface area (Å²) in [7, 11) is -3.71. The topological polar surface area (TPSA) is 43.4 Å². The van der Waals surface area contributed by atoms with E-state index in [1.54, 1.807) is 24.3 Å². The Morgan fingerprint density at radius 2 is 1.65 bits per heavy atom. The quantitative estimate of drug-likeness (QED) is 0.610. The summed E-state index contributed by atoms with van der Waals surface area (Å²) >= 11 is 0. The van der Waals surface area contributed by atoms with Gasteiger partial charge in [-0.05, 0) is 19.1 Å². The standard InChI is InChI=1S/C13H12O3S/c1-11-6-8-13(9-7-11)17(14,15)16-10-12-4-2-3-5-12/h2-10H,1H3. The molecule has 1 aliphatic rings. The molecular weight excluding hydrogens is 236 g/mol. The summed E-state index contributed by atoms with van der Waals surface area (Å²) in [6, 6.07) is 6.53. The average molecular weight is 248 g/mol. The lowest BCUT2D eigenvalue weighted by Gasteiger charge is -2.03. The molecule has 88 valence electrons. The second-order valence-corrected chi connectivity index (χ2v) is 5.27. The van der Waals surface area contributed by atoms with Crippen LogP contribution in [0.25, 0.3) is 0 Å². The van der Waals surface area contributed by atoms with Crippen molar-refractivity contribution >= 4 is 10.1 Å². The molecule has 1 aromatic rings. The van der Waals surface area contributed by atoms with Crippen LogP contribution in [0.5, 0.6) is 0 Å². The molecule has 0 fully saturated rings. The van der Waals surface area contributed by atoms with Crippen molar-refractivity contribution in [3.8, 4) is 0 Å². The lowest BCUT2D eigenvalue weighted by molar-refractivity contribution is 0.442. The van der Waals surface area contributed by atoms with Gasteiger partial charge < -0.3 is 4.18 Å². The summed E-state index contributed by atoms with van der Waals surface area (Å²) in [5.74, 6) is 0. The lowest BCUT2D eigenvalue weighted by atomic mass is 10.2. The highest BCUT2D eigenvalue weighted by Crippen LogP contribution is 2.15. The van der Waals surface area contributed by atoms with Gasteiger partial charge in [-0.15, -0.1) is 0 Å².